The number of benzene rings is 1. The van der Waals surface area contributed by atoms with Crippen LogP contribution in [0.2, 0.25) is 0 Å². The number of ether oxygens (including phenoxy) is 1. The second-order valence-electron chi connectivity index (χ2n) is 3.59. The molecule has 0 radical (unpaired) electrons. The minimum Gasteiger partial charge on any atom is -0.485 e. The van der Waals surface area contributed by atoms with Crippen molar-refractivity contribution in [3.63, 3.8) is 0 Å². The normalized spacial score (nSPS) is 10.4. The van der Waals surface area contributed by atoms with E-state index in [0.717, 1.165) is 11.3 Å². The van der Waals surface area contributed by atoms with Crippen LogP contribution in [0.15, 0.2) is 24.3 Å². The fraction of sp³-hybridized carbons (Fsp3) is 0.273. The molecule has 0 aliphatic heterocycles. The Kier molecular flexibility index (Phi) is 2.76. The number of nitrogens with zero attached hydrogens (tertiary/aromatic N) is 3. The molecule has 84 valence electrons. The monoisotopic (exact) mass is 218 g/mol. The lowest BCUT2D eigenvalue weighted by molar-refractivity contribution is 0.289. The summed E-state index contributed by atoms with van der Waals surface area (Å²) in [7, 11) is 1.81. The first-order valence-corrected chi connectivity index (χ1v) is 5.00. The summed E-state index contributed by atoms with van der Waals surface area (Å²) in [6, 6.07) is 7.84. The van der Waals surface area contributed by atoms with E-state index in [0.29, 0.717) is 18.4 Å². The number of aromatic nitrogens is 3. The minimum absolute atomic E-state index is 0.367. The number of para-hydroxylation sites is 1. The summed E-state index contributed by atoms with van der Waals surface area (Å²) < 4.78 is 7.34. The first-order chi connectivity index (χ1) is 7.68. The van der Waals surface area contributed by atoms with Gasteiger partial charge in [-0.25, -0.2) is 0 Å². The predicted octanol–water partition coefficient (Wildman–Crippen LogP) is 1.28. The molecule has 5 nitrogen and oxygen atoms in total. The van der Waals surface area contributed by atoms with Crippen molar-refractivity contribution in [2.24, 2.45) is 7.05 Å². The highest BCUT2D eigenvalue weighted by Crippen LogP contribution is 2.17. The van der Waals surface area contributed by atoms with E-state index in [-0.39, 0.29) is 0 Å². The Morgan fingerprint density at radius 1 is 1.31 bits per heavy atom. The van der Waals surface area contributed by atoms with Gasteiger partial charge in [0.25, 0.3) is 0 Å². The Labute approximate surface area is 93.9 Å². The van der Waals surface area contributed by atoms with Gasteiger partial charge in [0, 0.05) is 7.05 Å². The van der Waals surface area contributed by atoms with E-state index in [4.69, 9.17) is 10.5 Å². The van der Waals surface area contributed by atoms with E-state index in [9.17, 15) is 0 Å². The minimum atomic E-state index is 0.367. The summed E-state index contributed by atoms with van der Waals surface area (Å²) >= 11 is 0. The van der Waals surface area contributed by atoms with Crippen molar-refractivity contribution < 1.29 is 4.74 Å². The third-order valence-corrected chi connectivity index (χ3v) is 2.45. The topological polar surface area (TPSA) is 66.0 Å². The number of rotatable bonds is 3. The van der Waals surface area contributed by atoms with E-state index in [1.807, 2.05) is 38.2 Å². The Morgan fingerprint density at radius 3 is 2.69 bits per heavy atom. The standard InChI is InChI=1S/C11H14N4O/c1-8-5-3-4-6-9(8)16-7-10-13-14-11(12)15(10)2/h3-6H,7H2,1-2H3,(H2,12,14). The maximum absolute atomic E-state index is 5.64. The second kappa shape index (κ2) is 4.22. The molecule has 0 atom stereocenters. The third kappa shape index (κ3) is 1.98. The third-order valence-electron chi connectivity index (χ3n) is 2.45. The maximum atomic E-state index is 5.64. The molecular formula is C11H14N4O. The lowest BCUT2D eigenvalue weighted by Gasteiger charge is -2.07. The maximum Gasteiger partial charge on any atom is 0.221 e. The van der Waals surface area contributed by atoms with Crippen molar-refractivity contribution in [2.45, 2.75) is 13.5 Å². The Balaban J connectivity index is 2.08. The average molecular weight is 218 g/mol. The Morgan fingerprint density at radius 2 is 2.06 bits per heavy atom. The zero-order chi connectivity index (χ0) is 11.5. The number of anilines is 1. The largest absolute Gasteiger partial charge is 0.485 e. The lowest BCUT2D eigenvalue weighted by Crippen LogP contribution is -2.06. The van der Waals surface area contributed by atoms with Crippen LogP contribution in [0.3, 0.4) is 0 Å². The molecule has 5 heteroatoms. The van der Waals surface area contributed by atoms with E-state index >= 15 is 0 Å². The molecule has 0 bridgehead atoms. The smallest absolute Gasteiger partial charge is 0.221 e. The van der Waals surface area contributed by atoms with Gasteiger partial charge in [-0.3, -0.25) is 4.57 Å². The van der Waals surface area contributed by atoms with Gasteiger partial charge in [0.1, 0.15) is 12.4 Å². The molecule has 0 spiro atoms. The highest BCUT2D eigenvalue weighted by molar-refractivity contribution is 5.31. The van der Waals surface area contributed by atoms with E-state index in [1.165, 1.54) is 0 Å². The highest BCUT2D eigenvalue weighted by Gasteiger charge is 2.06. The van der Waals surface area contributed by atoms with E-state index in [1.54, 1.807) is 4.57 Å². The Hall–Kier alpha value is -2.04. The van der Waals surface area contributed by atoms with Crippen molar-refractivity contribution in [2.75, 3.05) is 5.73 Å². The van der Waals surface area contributed by atoms with Crippen LogP contribution in [0.25, 0.3) is 0 Å². The molecule has 2 rings (SSSR count). The van der Waals surface area contributed by atoms with Gasteiger partial charge >= 0.3 is 0 Å². The number of nitrogen functional groups attached to an aromatic ring is 1. The first-order valence-electron chi connectivity index (χ1n) is 5.00. The molecular weight excluding hydrogens is 204 g/mol. The van der Waals surface area contributed by atoms with Crippen LogP contribution in [0.4, 0.5) is 5.95 Å². The zero-order valence-electron chi connectivity index (χ0n) is 9.34. The Bertz CT molecular complexity index is 492. The van der Waals surface area contributed by atoms with Gasteiger partial charge in [-0.2, -0.15) is 0 Å². The van der Waals surface area contributed by atoms with Gasteiger partial charge < -0.3 is 10.5 Å². The first kappa shape index (κ1) is 10.5. The fourth-order valence-electron chi connectivity index (χ4n) is 1.36. The molecule has 2 N–H and O–H groups in total. The average Bonchev–Trinajstić information content (AvgIpc) is 2.59. The number of hydrogen-bond acceptors (Lipinski definition) is 4. The summed E-state index contributed by atoms with van der Waals surface area (Å²) in [6.45, 7) is 2.37. The van der Waals surface area contributed by atoms with Crippen molar-refractivity contribution >= 4 is 5.95 Å². The number of hydrogen-bond donors (Lipinski definition) is 1. The molecule has 0 saturated carbocycles. The SMILES string of the molecule is Cc1ccccc1OCc1nnc(N)n1C. The lowest BCUT2D eigenvalue weighted by atomic mass is 10.2. The van der Waals surface area contributed by atoms with E-state index in [2.05, 4.69) is 10.2 Å². The molecule has 16 heavy (non-hydrogen) atoms. The van der Waals surface area contributed by atoms with Crippen LogP contribution in [0.5, 0.6) is 5.75 Å². The van der Waals surface area contributed by atoms with Gasteiger partial charge in [-0.15, -0.1) is 10.2 Å². The zero-order valence-corrected chi connectivity index (χ0v) is 9.34. The molecule has 0 fully saturated rings. The van der Waals surface area contributed by atoms with Gasteiger partial charge in [-0.05, 0) is 18.6 Å². The molecule has 1 aromatic carbocycles. The van der Waals surface area contributed by atoms with E-state index < -0.39 is 0 Å². The molecule has 1 aromatic heterocycles. The van der Waals surface area contributed by atoms with Crippen LogP contribution < -0.4 is 10.5 Å². The van der Waals surface area contributed by atoms with Gasteiger partial charge in [-0.1, -0.05) is 18.2 Å². The van der Waals surface area contributed by atoms with Crippen LogP contribution in [-0.2, 0) is 13.7 Å². The molecule has 2 aromatic rings. The molecule has 0 amide bonds. The molecule has 0 unspecified atom stereocenters. The number of nitrogens with two attached hydrogens (primary N) is 1. The summed E-state index contributed by atoms with van der Waals surface area (Å²) in [5.41, 5.74) is 6.67. The van der Waals surface area contributed by atoms with Gasteiger partial charge in [0.2, 0.25) is 5.95 Å². The van der Waals surface area contributed by atoms with Crippen LogP contribution >= 0.6 is 0 Å². The van der Waals surface area contributed by atoms with Crippen molar-refractivity contribution in [3.05, 3.63) is 35.7 Å². The van der Waals surface area contributed by atoms with Gasteiger partial charge in [0.05, 0.1) is 0 Å². The van der Waals surface area contributed by atoms with Gasteiger partial charge in [0.15, 0.2) is 5.82 Å². The molecule has 0 aliphatic rings. The van der Waals surface area contributed by atoms with Crippen molar-refractivity contribution in [3.8, 4) is 5.75 Å². The number of aryl methyl sites for hydroxylation is 1. The second-order valence-corrected chi connectivity index (χ2v) is 3.59. The quantitative estimate of drug-likeness (QED) is 0.842. The van der Waals surface area contributed by atoms with Crippen LogP contribution in [0, 0.1) is 6.92 Å². The summed E-state index contributed by atoms with van der Waals surface area (Å²) in [6.07, 6.45) is 0. The summed E-state index contributed by atoms with van der Waals surface area (Å²) in [5.74, 6) is 1.95. The molecule has 0 saturated heterocycles. The fourth-order valence-corrected chi connectivity index (χ4v) is 1.36. The van der Waals surface area contributed by atoms with Crippen LogP contribution in [-0.4, -0.2) is 14.8 Å². The summed E-state index contributed by atoms with van der Waals surface area (Å²) in [4.78, 5) is 0. The summed E-state index contributed by atoms with van der Waals surface area (Å²) in [5, 5.41) is 7.68. The van der Waals surface area contributed by atoms with Crippen LogP contribution in [0.1, 0.15) is 11.4 Å². The molecule has 0 aliphatic carbocycles. The van der Waals surface area contributed by atoms with Crippen molar-refractivity contribution in [1.82, 2.24) is 14.8 Å². The highest BCUT2D eigenvalue weighted by atomic mass is 16.5. The predicted molar refractivity (Wildman–Crippen MR) is 60.9 cm³/mol. The molecule has 1 heterocycles. The van der Waals surface area contributed by atoms with Crippen molar-refractivity contribution in [1.29, 1.82) is 0 Å².